The minimum Gasteiger partial charge on any atom is -0.494 e. The molecule has 1 aliphatic rings. The molecular formula is C19H17N3O3. The summed E-state index contributed by atoms with van der Waals surface area (Å²) in [6.45, 7) is 0.985. The number of hydrogen-bond acceptors (Lipinski definition) is 4. The Labute approximate surface area is 145 Å². The van der Waals surface area contributed by atoms with Crippen molar-refractivity contribution in [2.75, 3.05) is 25.2 Å². The molecule has 1 aliphatic heterocycles. The zero-order valence-electron chi connectivity index (χ0n) is 13.8. The number of aromatic nitrogens is 2. The van der Waals surface area contributed by atoms with Crippen LogP contribution in [0, 0.1) is 0 Å². The van der Waals surface area contributed by atoms with Crippen LogP contribution in [0.1, 0.15) is 10.4 Å². The van der Waals surface area contributed by atoms with Gasteiger partial charge in [0.25, 0.3) is 5.91 Å². The Bertz CT molecular complexity index is 920. The molecule has 3 aromatic rings. The van der Waals surface area contributed by atoms with Gasteiger partial charge in [-0.25, -0.2) is 4.68 Å². The number of benzene rings is 2. The Balaban J connectivity index is 1.66. The summed E-state index contributed by atoms with van der Waals surface area (Å²) in [5, 5.41) is 4.32. The van der Waals surface area contributed by atoms with Gasteiger partial charge in [-0.1, -0.05) is 24.3 Å². The molecule has 0 bridgehead atoms. The molecule has 6 nitrogen and oxygen atoms in total. The minimum atomic E-state index is -0.100. The fraction of sp³-hybridized carbons (Fsp3) is 0.158. The van der Waals surface area contributed by atoms with Crippen LogP contribution >= 0.6 is 0 Å². The highest BCUT2D eigenvalue weighted by atomic mass is 16.5. The van der Waals surface area contributed by atoms with E-state index in [9.17, 15) is 4.79 Å². The van der Waals surface area contributed by atoms with Gasteiger partial charge in [-0.2, -0.15) is 5.10 Å². The standard InChI is InChI=1S/C19H17N3O3/c1-24-17-8-4-3-7-16(17)22-13-14(12-20-22)19(23)21-10-11-25-18-9-5-2-6-15(18)21/h2-9,12-13H,10-11H2,1H3. The average Bonchev–Trinajstić information content (AvgIpc) is 3.17. The van der Waals surface area contributed by atoms with Gasteiger partial charge in [-0.3, -0.25) is 4.79 Å². The summed E-state index contributed by atoms with van der Waals surface area (Å²) in [6, 6.07) is 15.1. The largest absolute Gasteiger partial charge is 0.494 e. The zero-order valence-corrected chi connectivity index (χ0v) is 13.8. The van der Waals surface area contributed by atoms with Gasteiger partial charge in [0.1, 0.15) is 23.8 Å². The molecule has 0 radical (unpaired) electrons. The van der Waals surface area contributed by atoms with Crippen molar-refractivity contribution in [1.82, 2.24) is 9.78 Å². The van der Waals surface area contributed by atoms with E-state index < -0.39 is 0 Å². The maximum atomic E-state index is 12.9. The lowest BCUT2D eigenvalue weighted by atomic mass is 10.2. The van der Waals surface area contributed by atoms with Crippen LogP contribution in [0.25, 0.3) is 5.69 Å². The van der Waals surface area contributed by atoms with Crippen molar-refractivity contribution in [2.45, 2.75) is 0 Å². The molecule has 4 rings (SSSR count). The number of hydrogen-bond donors (Lipinski definition) is 0. The molecule has 0 unspecified atom stereocenters. The van der Waals surface area contributed by atoms with Crippen molar-refractivity contribution in [3.63, 3.8) is 0 Å². The van der Waals surface area contributed by atoms with Crippen LogP contribution in [0.5, 0.6) is 11.5 Å². The number of amides is 1. The van der Waals surface area contributed by atoms with Gasteiger partial charge in [0.05, 0.1) is 31.1 Å². The second kappa shape index (κ2) is 6.32. The van der Waals surface area contributed by atoms with Gasteiger partial charge < -0.3 is 14.4 Å². The molecule has 0 N–H and O–H groups in total. The molecule has 1 amide bonds. The third-order valence-corrected chi connectivity index (χ3v) is 4.14. The van der Waals surface area contributed by atoms with Crippen LogP contribution in [0.2, 0.25) is 0 Å². The van der Waals surface area contributed by atoms with E-state index in [1.165, 1.54) is 0 Å². The second-order valence-corrected chi connectivity index (χ2v) is 5.62. The first-order valence-electron chi connectivity index (χ1n) is 7.99. The number of carbonyl (C=O) groups excluding carboxylic acids is 1. The van der Waals surface area contributed by atoms with Crippen LogP contribution in [-0.2, 0) is 0 Å². The van der Waals surface area contributed by atoms with Gasteiger partial charge in [0, 0.05) is 6.20 Å². The highest BCUT2D eigenvalue weighted by molar-refractivity contribution is 6.06. The summed E-state index contributed by atoms with van der Waals surface area (Å²) in [5.74, 6) is 1.32. The van der Waals surface area contributed by atoms with Crippen LogP contribution in [0.3, 0.4) is 0 Å². The van der Waals surface area contributed by atoms with E-state index in [0.29, 0.717) is 24.5 Å². The fourth-order valence-electron chi connectivity index (χ4n) is 2.92. The number of fused-ring (bicyclic) bond motifs is 1. The van der Waals surface area contributed by atoms with E-state index in [2.05, 4.69) is 5.10 Å². The van der Waals surface area contributed by atoms with Crippen LogP contribution < -0.4 is 14.4 Å². The van der Waals surface area contributed by atoms with E-state index in [4.69, 9.17) is 9.47 Å². The van der Waals surface area contributed by atoms with Gasteiger partial charge in [-0.15, -0.1) is 0 Å². The molecule has 1 aromatic heterocycles. The van der Waals surface area contributed by atoms with Gasteiger partial charge in [0.2, 0.25) is 0 Å². The first-order chi connectivity index (χ1) is 12.3. The quantitative estimate of drug-likeness (QED) is 0.738. The normalized spacial score (nSPS) is 13.1. The molecule has 6 heteroatoms. The molecule has 2 aromatic carbocycles. The summed E-state index contributed by atoms with van der Waals surface area (Å²) in [7, 11) is 1.61. The molecule has 126 valence electrons. The number of methoxy groups -OCH3 is 1. The summed E-state index contributed by atoms with van der Waals surface area (Å²) in [4.78, 5) is 14.7. The zero-order chi connectivity index (χ0) is 17.2. The number of anilines is 1. The molecule has 0 atom stereocenters. The lowest BCUT2D eigenvalue weighted by Gasteiger charge is -2.29. The van der Waals surface area contributed by atoms with E-state index in [1.807, 2.05) is 48.5 Å². The van der Waals surface area contributed by atoms with Crippen LogP contribution in [0.15, 0.2) is 60.9 Å². The number of ether oxygens (including phenoxy) is 2. The van der Waals surface area contributed by atoms with Gasteiger partial charge >= 0.3 is 0 Å². The van der Waals surface area contributed by atoms with Crippen molar-refractivity contribution >= 4 is 11.6 Å². The van der Waals surface area contributed by atoms with Crippen molar-refractivity contribution in [3.8, 4) is 17.2 Å². The van der Waals surface area contributed by atoms with E-state index >= 15 is 0 Å². The monoisotopic (exact) mass is 335 g/mol. The highest BCUT2D eigenvalue weighted by Gasteiger charge is 2.25. The predicted octanol–water partition coefficient (Wildman–Crippen LogP) is 2.92. The van der Waals surface area contributed by atoms with Crippen LogP contribution in [0.4, 0.5) is 5.69 Å². The molecule has 0 fully saturated rings. The average molecular weight is 335 g/mol. The Morgan fingerprint density at radius 2 is 1.88 bits per heavy atom. The number of carbonyl (C=O) groups is 1. The predicted molar refractivity (Wildman–Crippen MR) is 93.7 cm³/mol. The second-order valence-electron chi connectivity index (χ2n) is 5.62. The Hall–Kier alpha value is -3.28. The van der Waals surface area contributed by atoms with Gasteiger partial charge in [-0.05, 0) is 24.3 Å². The number of rotatable bonds is 3. The van der Waals surface area contributed by atoms with Gasteiger partial charge in [0.15, 0.2) is 0 Å². The third-order valence-electron chi connectivity index (χ3n) is 4.14. The summed E-state index contributed by atoms with van der Waals surface area (Å²) < 4.78 is 12.6. The topological polar surface area (TPSA) is 56.6 Å². The fourth-order valence-corrected chi connectivity index (χ4v) is 2.92. The lowest BCUT2D eigenvalue weighted by Crippen LogP contribution is -2.37. The van der Waals surface area contributed by atoms with E-state index in [0.717, 1.165) is 17.1 Å². The molecule has 0 saturated heterocycles. The maximum Gasteiger partial charge on any atom is 0.261 e. The summed E-state index contributed by atoms with van der Waals surface area (Å²) in [6.07, 6.45) is 3.30. The van der Waals surface area contributed by atoms with Crippen molar-refractivity contribution in [2.24, 2.45) is 0 Å². The Morgan fingerprint density at radius 3 is 2.72 bits per heavy atom. The van der Waals surface area contributed by atoms with Crippen molar-refractivity contribution < 1.29 is 14.3 Å². The summed E-state index contributed by atoms with van der Waals surface area (Å²) in [5.41, 5.74) is 2.08. The Morgan fingerprint density at radius 1 is 1.12 bits per heavy atom. The number of para-hydroxylation sites is 4. The lowest BCUT2D eigenvalue weighted by molar-refractivity contribution is 0.0976. The van der Waals surface area contributed by atoms with E-state index in [1.54, 1.807) is 29.1 Å². The SMILES string of the molecule is COc1ccccc1-n1cc(C(=O)N2CCOc3ccccc32)cn1. The van der Waals surface area contributed by atoms with Crippen molar-refractivity contribution in [3.05, 3.63) is 66.5 Å². The first-order valence-corrected chi connectivity index (χ1v) is 7.99. The number of nitrogens with zero attached hydrogens (tertiary/aromatic N) is 3. The van der Waals surface area contributed by atoms with Crippen LogP contribution in [-0.4, -0.2) is 35.9 Å². The Kier molecular flexibility index (Phi) is 3.85. The summed E-state index contributed by atoms with van der Waals surface area (Å²) >= 11 is 0. The smallest absolute Gasteiger partial charge is 0.261 e. The third kappa shape index (κ3) is 2.71. The molecular weight excluding hydrogens is 318 g/mol. The molecule has 0 saturated carbocycles. The minimum absolute atomic E-state index is 0.100. The van der Waals surface area contributed by atoms with E-state index in [-0.39, 0.29) is 5.91 Å². The molecule has 0 aliphatic carbocycles. The highest BCUT2D eigenvalue weighted by Crippen LogP contribution is 2.32. The first kappa shape index (κ1) is 15.3. The molecule has 25 heavy (non-hydrogen) atoms. The van der Waals surface area contributed by atoms with Crippen molar-refractivity contribution in [1.29, 1.82) is 0 Å². The molecule has 2 heterocycles. The molecule has 0 spiro atoms. The maximum absolute atomic E-state index is 12.9.